The molecule has 0 aliphatic carbocycles. The second-order valence-electron chi connectivity index (χ2n) is 5.37. The van der Waals surface area contributed by atoms with Gasteiger partial charge in [0.25, 0.3) is 0 Å². The molecule has 1 unspecified atom stereocenters. The molecular weight excluding hydrogens is 172 g/mol. The van der Waals surface area contributed by atoms with Crippen molar-refractivity contribution >= 4 is 0 Å². The molecule has 2 rings (SSSR count). The van der Waals surface area contributed by atoms with Crippen LogP contribution in [0.4, 0.5) is 0 Å². The molecule has 0 bridgehead atoms. The summed E-state index contributed by atoms with van der Waals surface area (Å²) in [7, 11) is 0. The molecule has 2 saturated heterocycles. The summed E-state index contributed by atoms with van der Waals surface area (Å²) in [5.41, 5.74) is 0.631. The minimum atomic E-state index is 0.631. The Kier molecular flexibility index (Phi) is 3.13. The van der Waals surface area contributed by atoms with Gasteiger partial charge in [-0.25, -0.2) is 0 Å². The molecular formula is C12H24N2. The number of nitrogens with zero attached hydrogens (tertiary/aromatic N) is 1. The van der Waals surface area contributed by atoms with Gasteiger partial charge in [0.05, 0.1) is 0 Å². The van der Waals surface area contributed by atoms with Crippen molar-refractivity contribution in [2.24, 2.45) is 5.41 Å². The lowest BCUT2D eigenvalue weighted by Gasteiger charge is -2.38. The van der Waals surface area contributed by atoms with E-state index >= 15 is 0 Å². The molecule has 0 aromatic heterocycles. The molecule has 82 valence electrons. The van der Waals surface area contributed by atoms with Crippen LogP contribution in [0.2, 0.25) is 0 Å². The molecule has 0 amide bonds. The maximum atomic E-state index is 3.37. The van der Waals surface area contributed by atoms with Crippen molar-refractivity contribution in [3.63, 3.8) is 0 Å². The van der Waals surface area contributed by atoms with E-state index in [1.807, 2.05) is 0 Å². The summed E-state index contributed by atoms with van der Waals surface area (Å²) in [5, 5.41) is 3.37. The molecule has 0 radical (unpaired) electrons. The fourth-order valence-electron chi connectivity index (χ4n) is 2.61. The summed E-state index contributed by atoms with van der Waals surface area (Å²) in [5.74, 6) is 0. The third-order valence-electron chi connectivity index (χ3n) is 4.36. The SMILES string of the molecule is CCC1(C)CCCN(C2CNC2)CC1. The highest BCUT2D eigenvalue weighted by molar-refractivity contribution is 4.88. The van der Waals surface area contributed by atoms with E-state index in [1.165, 1.54) is 51.9 Å². The van der Waals surface area contributed by atoms with Crippen molar-refractivity contribution in [1.29, 1.82) is 0 Å². The molecule has 2 aliphatic rings. The Morgan fingerprint density at radius 3 is 2.64 bits per heavy atom. The van der Waals surface area contributed by atoms with E-state index in [9.17, 15) is 0 Å². The van der Waals surface area contributed by atoms with E-state index < -0.39 is 0 Å². The van der Waals surface area contributed by atoms with Crippen molar-refractivity contribution in [1.82, 2.24) is 10.2 Å². The Labute approximate surface area is 88.1 Å². The molecule has 14 heavy (non-hydrogen) atoms. The van der Waals surface area contributed by atoms with Gasteiger partial charge in [0.1, 0.15) is 0 Å². The van der Waals surface area contributed by atoms with Crippen LogP contribution in [0.5, 0.6) is 0 Å². The number of rotatable bonds is 2. The minimum Gasteiger partial charge on any atom is -0.314 e. The molecule has 0 aromatic carbocycles. The van der Waals surface area contributed by atoms with Crippen LogP contribution < -0.4 is 5.32 Å². The van der Waals surface area contributed by atoms with Gasteiger partial charge < -0.3 is 5.32 Å². The van der Waals surface area contributed by atoms with Gasteiger partial charge in [-0.05, 0) is 37.8 Å². The Hall–Kier alpha value is -0.0800. The van der Waals surface area contributed by atoms with E-state index in [2.05, 4.69) is 24.1 Å². The van der Waals surface area contributed by atoms with E-state index in [-0.39, 0.29) is 0 Å². The predicted octanol–water partition coefficient (Wildman–Crippen LogP) is 1.86. The standard InChI is InChI=1S/C12H24N2/c1-3-12(2)5-4-7-14(8-6-12)11-9-13-10-11/h11,13H,3-10H2,1-2H3. The zero-order valence-corrected chi connectivity index (χ0v) is 9.68. The molecule has 2 fully saturated rings. The second kappa shape index (κ2) is 4.19. The Morgan fingerprint density at radius 2 is 2.07 bits per heavy atom. The van der Waals surface area contributed by atoms with Crippen molar-refractivity contribution in [3.05, 3.63) is 0 Å². The number of likely N-dealkylation sites (tertiary alicyclic amines) is 1. The van der Waals surface area contributed by atoms with Gasteiger partial charge in [-0.2, -0.15) is 0 Å². The van der Waals surface area contributed by atoms with Gasteiger partial charge in [-0.1, -0.05) is 20.3 Å². The highest BCUT2D eigenvalue weighted by Crippen LogP contribution is 2.34. The second-order valence-corrected chi connectivity index (χ2v) is 5.37. The number of hydrogen-bond donors (Lipinski definition) is 1. The minimum absolute atomic E-state index is 0.631. The molecule has 2 heterocycles. The van der Waals surface area contributed by atoms with Crippen LogP contribution in [-0.2, 0) is 0 Å². The zero-order chi connectivity index (χ0) is 10.0. The van der Waals surface area contributed by atoms with E-state index in [0.29, 0.717) is 5.41 Å². The summed E-state index contributed by atoms with van der Waals surface area (Å²) in [4.78, 5) is 2.71. The lowest BCUT2D eigenvalue weighted by atomic mass is 9.80. The first-order valence-electron chi connectivity index (χ1n) is 6.18. The lowest BCUT2D eigenvalue weighted by Crippen LogP contribution is -2.57. The largest absolute Gasteiger partial charge is 0.314 e. The summed E-state index contributed by atoms with van der Waals surface area (Å²) >= 11 is 0. The molecule has 2 aliphatic heterocycles. The van der Waals surface area contributed by atoms with Crippen molar-refractivity contribution in [2.45, 2.75) is 45.6 Å². The van der Waals surface area contributed by atoms with Crippen molar-refractivity contribution in [3.8, 4) is 0 Å². The summed E-state index contributed by atoms with van der Waals surface area (Å²) < 4.78 is 0. The quantitative estimate of drug-likeness (QED) is 0.725. The van der Waals surface area contributed by atoms with Crippen LogP contribution in [0.3, 0.4) is 0 Å². The van der Waals surface area contributed by atoms with Crippen LogP contribution in [0.25, 0.3) is 0 Å². The topological polar surface area (TPSA) is 15.3 Å². The first-order chi connectivity index (χ1) is 6.73. The van der Waals surface area contributed by atoms with E-state index in [1.54, 1.807) is 0 Å². The molecule has 0 saturated carbocycles. The van der Waals surface area contributed by atoms with Crippen LogP contribution in [0.1, 0.15) is 39.5 Å². The first kappa shape index (κ1) is 10.4. The van der Waals surface area contributed by atoms with E-state index in [0.717, 1.165) is 6.04 Å². The van der Waals surface area contributed by atoms with Gasteiger partial charge in [-0.15, -0.1) is 0 Å². The fraction of sp³-hybridized carbons (Fsp3) is 1.00. The average Bonchev–Trinajstić information content (AvgIpc) is 2.27. The summed E-state index contributed by atoms with van der Waals surface area (Å²) in [6, 6.07) is 0.856. The smallest absolute Gasteiger partial charge is 0.0345 e. The molecule has 0 spiro atoms. The Morgan fingerprint density at radius 1 is 1.29 bits per heavy atom. The lowest BCUT2D eigenvalue weighted by molar-refractivity contribution is 0.144. The van der Waals surface area contributed by atoms with Gasteiger partial charge in [0.2, 0.25) is 0 Å². The van der Waals surface area contributed by atoms with Gasteiger partial charge >= 0.3 is 0 Å². The van der Waals surface area contributed by atoms with Crippen LogP contribution in [-0.4, -0.2) is 37.1 Å². The van der Waals surface area contributed by atoms with E-state index in [4.69, 9.17) is 0 Å². The van der Waals surface area contributed by atoms with Crippen molar-refractivity contribution in [2.75, 3.05) is 26.2 Å². The Balaban J connectivity index is 1.87. The van der Waals surface area contributed by atoms with Crippen LogP contribution in [0, 0.1) is 5.41 Å². The van der Waals surface area contributed by atoms with Crippen LogP contribution >= 0.6 is 0 Å². The number of hydrogen-bond acceptors (Lipinski definition) is 2. The van der Waals surface area contributed by atoms with Crippen LogP contribution in [0.15, 0.2) is 0 Å². The zero-order valence-electron chi connectivity index (χ0n) is 9.68. The monoisotopic (exact) mass is 196 g/mol. The molecule has 0 aromatic rings. The summed E-state index contributed by atoms with van der Waals surface area (Å²) in [6.07, 6.45) is 5.59. The highest BCUT2D eigenvalue weighted by Gasteiger charge is 2.30. The molecule has 1 atom stereocenters. The number of nitrogens with one attached hydrogen (secondary N) is 1. The summed E-state index contributed by atoms with van der Waals surface area (Å²) in [6.45, 7) is 9.93. The van der Waals surface area contributed by atoms with Gasteiger partial charge in [-0.3, -0.25) is 4.90 Å². The maximum Gasteiger partial charge on any atom is 0.0345 e. The predicted molar refractivity (Wildman–Crippen MR) is 60.5 cm³/mol. The van der Waals surface area contributed by atoms with Gasteiger partial charge in [0.15, 0.2) is 0 Å². The third kappa shape index (κ3) is 2.12. The normalized spacial score (nSPS) is 36.4. The fourth-order valence-corrected chi connectivity index (χ4v) is 2.61. The third-order valence-corrected chi connectivity index (χ3v) is 4.36. The molecule has 2 heteroatoms. The first-order valence-corrected chi connectivity index (χ1v) is 6.18. The molecule has 2 nitrogen and oxygen atoms in total. The average molecular weight is 196 g/mol. The van der Waals surface area contributed by atoms with Gasteiger partial charge in [0, 0.05) is 19.1 Å². The van der Waals surface area contributed by atoms with Crippen molar-refractivity contribution < 1.29 is 0 Å². The Bertz CT molecular complexity index is 189. The molecule has 1 N–H and O–H groups in total. The maximum absolute atomic E-state index is 3.37. The highest BCUT2D eigenvalue weighted by atomic mass is 15.2.